The zero-order chi connectivity index (χ0) is 11.4. The topological polar surface area (TPSA) is 32.6 Å². The van der Waals surface area contributed by atoms with Crippen molar-refractivity contribution in [3.05, 3.63) is 59.7 Å². The van der Waals surface area contributed by atoms with Crippen LogP contribution in [0.4, 0.5) is 5.69 Å². The number of aryl methyl sites for hydroxylation is 1. The Morgan fingerprint density at radius 3 is 2.56 bits per heavy atom. The molecule has 0 spiro atoms. The molecule has 2 heteroatoms. The molecule has 0 heterocycles. The van der Waals surface area contributed by atoms with E-state index in [0.717, 1.165) is 11.1 Å². The summed E-state index contributed by atoms with van der Waals surface area (Å²) in [6.45, 7) is 1.97. The van der Waals surface area contributed by atoms with Gasteiger partial charge in [0.05, 0.1) is 0 Å². The first-order chi connectivity index (χ1) is 7.75. The van der Waals surface area contributed by atoms with Crippen LogP contribution >= 0.6 is 0 Å². The smallest absolute Gasteiger partial charge is 0.141 e. The van der Waals surface area contributed by atoms with Crippen LogP contribution in [0.1, 0.15) is 11.1 Å². The number of phenolic OH excluding ortho intramolecular Hbond substituents is 1. The number of benzene rings is 2. The third kappa shape index (κ3) is 2.48. The third-order valence-electron chi connectivity index (χ3n) is 2.28. The molecule has 2 rings (SSSR count). The van der Waals surface area contributed by atoms with E-state index in [0.29, 0.717) is 5.69 Å². The summed E-state index contributed by atoms with van der Waals surface area (Å²) in [6, 6.07) is 15.2. The van der Waals surface area contributed by atoms with E-state index in [-0.39, 0.29) is 5.75 Å². The molecule has 80 valence electrons. The lowest BCUT2D eigenvalue weighted by Gasteiger charge is -1.99. The number of phenols is 1. The Labute approximate surface area is 94.9 Å². The SMILES string of the molecule is Cc1ccc(O)c(N=Cc2ccccc2)c1. The lowest BCUT2D eigenvalue weighted by atomic mass is 10.2. The highest BCUT2D eigenvalue weighted by Crippen LogP contribution is 2.26. The zero-order valence-electron chi connectivity index (χ0n) is 9.09. The maximum absolute atomic E-state index is 9.60. The van der Waals surface area contributed by atoms with E-state index in [1.807, 2.05) is 49.4 Å². The summed E-state index contributed by atoms with van der Waals surface area (Å²) in [6.07, 6.45) is 1.74. The number of aromatic hydroxyl groups is 1. The number of hydrogen-bond donors (Lipinski definition) is 1. The molecule has 2 aromatic rings. The van der Waals surface area contributed by atoms with Crippen LogP contribution < -0.4 is 0 Å². The highest BCUT2D eigenvalue weighted by molar-refractivity contribution is 5.82. The molecule has 1 N–H and O–H groups in total. The molecule has 0 unspecified atom stereocenters. The van der Waals surface area contributed by atoms with Crippen molar-refractivity contribution in [1.82, 2.24) is 0 Å². The van der Waals surface area contributed by atoms with Gasteiger partial charge < -0.3 is 5.11 Å². The monoisotopic (exact) mass is 211 g/mol. The van der Waals surface area contributed by atoms with Crippen LogP contribution in [0.5, 0.6) is 5.75 Å². The minimum atomic E-state index is 0.206. The second-order valence-electron chi connectivity index (χ2n) is 3.66. The number of nitrogens with zero attached hydrogens (tertiary/aromatic N) is 1. The molecule has 16 heavy (non-hydrogen) atoms. The van der Waals surface area contributed by atoms with Gasteiger partial charge in [0.1, 0.15) is 11.4 Å². The maximum Gasteiger partial charge on any atom is 0.141 e. The van der Waals surface area contributed by atoms with Crippen LogP contribution in [0.25, 0.3) is 0 Å². The average molecular weight is 211 g/mol. The van der Waals surface area contributed by atoms with E-state index in [1.54, 1.807) is 12.3 Å². The Kier molecular flexibility index (Phi) is 3.01. The lowest BCUT2D eigenvalue weighted by molar-refractivity contribution is 0.477. The van der Waals surface area contributed by atoms with E-state index in [4.69, 9.17) is 0 Å². The highest BCUT2D eigenvalue weighted by atomic mass is 16.3. The molecule has 0 amide bonds. The first-order valence-electron chi connectivity index (χ1n) is 5.14. The molecule has 0 aliphatic heterocycles. The molecule has 0 fully saturated rings. The van der Waals surface area contributed by atoms with Crippen molar-refractivity contribution in [3.63, 3.8) is 0 Å². The summed E-state index contributed by atoms with van der Waals surface area (Å²) in [5, 5.41) is 9.60. The molecule has 2 aromatic carbocycles. The Morgan fingerprint density at radius 1 is 1.06 bits per heavy atom. The normalized spacial score (nSPS) is 10.8. The first kappa shape index (κ1) is 10.4. The number of aliphatic imine (C=N–C) groups is 1. The van der Waals surface area contributed by atoms with Crippen molar-refractivity contribution in [1.29, 1.82) is 0 Å². The number of rotatable bonds is 2. The van der Waals surface area contributed by atoms with E-state index in [2.05, 4.69) is 4.99 Å². The highest BCUT2D eigenvalue weighted by Gasteiger charge is 1.97. The number of hydrogen-bond acceptors (Lipinski definition) is 2. The van der Waals surface area contributed by atoms with Gasteiger partial charge in [0.2, 0.25) is 0 Å². The van der Waals surface area contributed by atoms with Gasteiger partial charge in [-0.2, -0.15) is 0 Å². The molecule has 0 bridgehead atoms. The fraction of sp³-hybridized carbons (Fsp3) is 0.0714. The molecule has 0 aliphatic carbocycles. The van der Waals surface area contributed by atoms with Crippen molar-refractivity contribution in [2.45, 2.75) is 6.92 Å². The fourth-order valence-corrected chi connectivity index (χ4v) is 1.42. The van der Waals surface area contributed by atoms with Crippen molar-refractivity contribution in [2.75, 3.05) is 0 Å². The van der Waals surface area contributed by atoms with Gasteiger partial charge in [-0.25, -0.2) is 0 Å². The predicted molar refractivity (Wildman–Crippen MR) is 66.5 cm³/mol. The standard InChI is InChI=1S/C14H13NO/c1-11-7-8-14(16)13(9-11)15-10-12-5-3-2-4-6-12/h2-10,16H,1H3. The van der Waals surface area contributed by atoms with Crippen molar-refractivity contribution in [2.24, 2.45) is 4.99 Å². The Bertz CT molecular complexity index is 503. The van der Waals surface area contributed by atoms with E-state index in [9.17, 15) is 5.11 Å². The summed E-state index contributed by atoms with van der Waals surface area (Å²) < 4.78 is 0. The molecule has 0 radical (unpaired) electrons. The molecule has 2 nitrogen and oxygen atoms in total. The molecule has 0 aliphatic rings. The molecule has 0 atom stereocenters. The summed E-state index contributed by atoms with van der Waals surface area (Å²) in [5.74, 6) is 0.206. The van der Waals surface area contributed by atoms with Gasteiger partial charge in [-0.05, 0) is 30.2 Å². The average Bonchev–Trinajstić information content (AvgIpc) is 2.32. The molecule has 0 saturated heterocycles. The van der Waals surface area contributed by atoms with Crippen molar-refractivity contribution < 1.29 is 5.11 Å². The maximum atomic E-state index is 9.60. The second-order valence-corrected chi connectivity index (χ2v) is 3.66. The summed E-state index contributed by atoms with van der Waals surface area (Å²) >= 11 is 0. The molecule has 0 aromatic heterocycles. The summed E-state index contributed by atoms with van der Waals surface area (Å²) in [5.41, 5.74) is 2.70. The fourth-order valence-electron chi connectivity index (χ4n) is 1.42. The van der Waals surface area contributed by atoms with Gasteiger partial charge in [0.15, 0.2) is 0 Å². The Morgan fingerprint density at radius 2 is 1.81 bits per heavy atom. The third-order valence-corrected chi connectivity index (χ3v) is 2.28. The lowest BCUT2D eigenvalue weighted by Crippen LogP contribution is -1.79. The van der Waals surface area contributed by atoms with E-state index in [1.165, 1.54) is 0 Å². The quantitative estimate of drug-likeness (QED) is 0.758. The minimum absolute atomic E-state index is 0.206. The summed E-state index contributed by atoms with van der Waals surface area (Å²) in [4.78, 5) is 4.26. The van der Waals surface area contributed by atoms with Gasteiger partial charge in [-0.1, -0.05) is 36.4 Å². The van der Waals surface area contributed by atoms with Crippen LogP contribution in [-0.4, -0.2) is 11.3 Å². The van der Waals surface area contributed by atoms with Crippen molar-refractivity contribution in [3.8, 4) is 5.75 Å². The van der Waals surface area contributed by atoms with Crippen LogP contribution in [0.2, 0.25) is 0 Å². The van der Waals surface area contributed by atoms with Gasteiger partial charge in [-0.15, -0.1) is 0 Å². The zero-order valence-corrected chi connectivity index (χ0v) is 9.09. The Hall–Kier alpha value is -2.09. The minimum Gasteiger partial charge on any atom is -0.506 e. The van der Waals surface area contributed by atoms with Crippen LogP contribution in [0, 0.1) is 6.92 Å². The molecular weight excluding hydrogens is 198 g/mol. The predicted octanol–water partition coefficient (Wildman–Crippen LogP) is 3.45. The van der Waals surface area contributed by atoms with Crippen molar-refractivity contribution >= 4 is 11.9 Å². The van der Waals surface area contributed by atoms with Crippen LogP contribution in [0.15, 0.2) is 53.5 Å². The van der Waals surface area contributed by atoms with E-state index >= 15 is 0 Å². The Balaban J connectivity index is 2.27. The van der Waals surface area contributed by atoms with Gasteiger partial charge in [0.25, 0.3) is 0 Å². The van der Waals surface area contributed by atoms with Gasteiger partial charge in [-0.3, -0.25) is 4.99 Å². The molecular formula is C14H13NO. The summed E-state index contributed by atoms with van der Waals surface area (Å²) in [7, 11) is 0. The largest absolute Gasteiger partial charge is 0.506 e. The van der Waals surface area contributed by atoms with Gasteiger partial charge in [0, 0.05) is 6.21 Å². The molecule has 0 saturated carbocycles. The van der Waals surface area contributed by atoms with Crippen LogP contribution in [-0.2, 0) is 0 Å². The van der Waals surface area contributed by atoms with Crippen LogP contribution in [0.3, 0.4) is 0 Å². The van der Waals surface area contributed by atoms with E-state index < -0.39 is 0 Å². The second kappa shape index (κ2) is 4.62. The first-order valence-corrected chi connectivity index (χ1v) is 5.14. The van der Waals surface area contributed by atoms with Gasteiger partial charge >= 0.3 is 0 Å².